The van der Waals surface area contributed by atoms with Crippen LogP contribution < -0.4 is 10.2 Å². The van der Waals surface area contributed by atoms with E-state index in [1.165, 1.54) is 50.3 Å². The lowest BCUT2D eigenvalue weighted by molar-refractivity contribution is 0.165. The van der Waals surface area contributed by atoms with Crippen LogP contribution in [0.3, 0.4) is 0 Å². The molecule has 0 saturated carbocycles. The maximum Gasteiger partial charge on any atom is 0.0596 e. The van der Waals surface area contributed by atoms with Crippen LogP contribution in [0.15, 0.2) is 24.3 Å². The van der Waals surface area contributed by atoms with E-state index in [9.17, 15) is 0 Å². The highest BCUT2D eigenvalue weighted by molar-refractivity contribution is 5.69. The van der Waals surface area contributed by atoms with E-state index in [1.54, 1.807) is 0 Å². The smallest absolute Gasteiger partial charge is 0.0596 e. The Morgan fingerprint density at radius 2 is 2.10 bits per heavy atom. The third-order valence-corrected chi connectivity index (χ3v) is 4.56. The van der Waals surface area contributed by atoms with Crippen LogP contribution in [0.25, 0.3) is 0 Å². The minimum atomic E-state index is 0.519. The SMILES string of the molecule is CCCN1CCCC(C(C)Nc2ccccc2N(C)C)C1. The quantitative estimate of drug-likeness (QED) is 0.862. The minimum absolute atomic E-state index is 0.519. The van der Waals surface area contributed by atoms with Crippen LogP contribution in [0.4, 0.5) is 11.4 Å². The molecule has 2 unspecified atom stereocenters. The molecule has 2 atom stereocenters. The second-order valence-corrected chi connectivity index (χ2v) is 6.55. The van der Waals surface area contributed by atoms with Crippen molar-refractivity contribution in [1.82, 2.24) is 4.90 Å². The van der Waals surface area contributed by atoms with Gasteiger partial charge in [0, 0.05) is 26.7 Å². The molecule has 0 bridgehead atoms. The van der Waals surface area contributed by atoms with Gasteiger partial charge in [0.05, 0.1) is 11.4 Å². The summed E-state index contributed by atoms with van der Waals surface area (Å²) in [6.07, 6.45) is 3.95. The van der Waals surface area contributed by atoms with Crippen LogP contribution >= 0.6 is 0 Å². The van der Waals surface area contributed by atoms with Gasteiger partial charge in [0.1, 0.15) is 0 Å². The molecule has 1 aromatic rings. The summed E-state index contributed by atoms with van der Waals surface area (Å²) in [7, 11) is 4.21. The average Bonchev–Trinajstić information content (AvgIpc) is 2.48. The molecule has 0 spiro atoms. The third kappa shape index (κ3) is 4.37. The number of para-hydroxylation sites is 2. The molecule has 1 fully saturated rings. The number of rotatable bonds is 6. The first-order valence-electron chi connectivity index (χ1n) is 8.37. The number of hydrogen-bond donors (Lipinski definition) is 1. The van der Waals surface area contributed by atoms with Gasteiger partial charge in [-0.15, -0.1) is 0 Å². The van der Waals surface area contributed by atoms with Gasteiger partial charge in [-0.1, -0.05) is 19.1 Å². The molecular formula is C18H31N3. The fourth-order valence-electron chi connectivity index (χ4n) is 3.37. The van der Waals surface area contributed by atoms with E-state index in [1.807, 2.05) is 0 Å². The van der Waals surface area contributed by atoms with Gasteiger partial charge >= 0.3 is 0 Å². The number of nitrogens with zero attached hydrogens (tertiary/aromatic N) is 2. The van der Waals surface area contributed by atoms with E-state index in [0.29, 0.717) is 6.04 Å². The summed E-state index contributed by atoms with van der Waals surface area (Å²) in [6, 6.07) is 9.12. The Hall–Kier alpha value is -1.22. The lowest BCUT2D eigenvalue weighted by Gasteiger charge is -2.36. The number of likely N-dealkylation sites (tertiary alicyclic amines) is 1. The van der Waals surface area contributed by atoms with Gasteiger partial charge in [0.2, 0.25) is 0 Å². The van der Waals surface area contributed by atoms with Crippen molar-refractivity contribution in [3.63, 3.8) is 0 Å². The summed E-state index contributed by atoms with van der Waals surface area (Å²) in [5, 5.41) is 3.76. The van der Waals surface area contributed by atoms with Crippen LogP contribution in [-0.2, 0) is 0 Å². The van der Waals surface area contributed by atoms with Gasteiger partial charge in [-0.3, -0.25) is 0 Å². The van der Waals surface area contributed by atoms with Gasteiger partial charge in [-0.25, -0.2) is 0 Å². The molecule has 118 valence electrons. The van der Waals surface area contributed by atoms with E-state index in [0.717, 1.165) is 5.92 Å². The first-order chi connectivity index (χ1) is 10.1. The Kier molecular flexibility index (Phi) is 5.92. The molecule has 1 saturated heterocycles. The summed E-state index contributed by atoms with van der Waals surface area (Å²) >= 11 is 0. The van der Waals surface area contributed by atoms with Gasteiger partial charge in [0.15, 0.2) is 0 Å². The van der Waals surface area contributed by atoms with E-state index in [4.69, 9.17) is 0 Å². The van der Waals surface area contributed by atoms with Crippen molar-refractivity contribution in [2.45, 2.75) is 39.2 Å². The summed E-state index contributed by atoms with van der Waals surface area (Å²) in [5.74, 6) is 0.750. The van der Waals surface area contributed by atoms with Gasteiger partial charge in [0.25, 0.3) is 0 Å². The number of hydrogen-bond acceptors (Lipinski definition) is 3. The predicted molar refractivity (Wildman–Crippen MR) is 93.3 cm³/mol. The highest BCUT2D eigenvalue weighted by Gasteiger charge is 2.24. The first-order valence-corrected chi connectivity index (χ1v) is 8.37. The normalized spacial score (nSPS) is 21.0. The highest BCUT2D eigenvalue weighted by atomic mass is 15.1. The standard InChI is InChI=1S/C18H31N3/c1-5-12-21-13-8-9-16(14-21)15(2)19-17-10-6-7-11-18(17)20(3)4/h6-7,10-11,15-16,19H,5,8-9,12-14H2,1-4H3. The van der Waals surface area contributed by atoms with Crippen molar-refractivity contribution in [3.8, 4) is 0 Å². The Bertz CT molecular complexity index is 428. The zero-order valence-electron chi connectivity index (χ0n) is 14.1. The first kappa shape index (κ1) is 16.2. The fraction of sp³-hybridized carbons (Fsp3) is 0.667. The molecule has 2 rings (SSSR count). The van der Waals surface area contributed by atoms with Crippen molar-refractivity contribution in [3.05, 3.63) is 24.3 Å². The summed E-state index contributed by atoms with van der Waals surface area (Å²) in [4.78, 5) is 4.81. The van der Waals surface area contributed by atoms with E-state index in [-0.39, 0.29) is 0 Å². The Morgan fingerprint density at radius 3 is 2.81 bits per heavy atom. The van der Waals surface area contributed by atoms with E-state index >= 15 is 0 Å². The van der Waals surface area contributed by atoms with Crippen molar-refractivity contribution in [2.24, 2.45) is 5.92 Å². The average molecular weight is 289 g/mol. The lowest BCUT2D eigenvalue weighted by atomic mass is 9.91. The molecule has 0 radical (unpaired) electrons. The zero-order chi connectivity index (χ0) is 15.2. The summed E-state index contributed by atoms with van der Waals surface area (Å²) in [5.41, 5.74) is 2.52. The second kappa shape index (κ2) is 7.69. The second-order valence-electron chi connectivity index (χ2n) is 6.55. The molecule has 1 heterocycles. The van der Waals surface area contributed by atoms with Crippen molar-refractivity contribution in [1.29, 1.82) is 0 Å². The van der Waals surface area contributed by atoms with Crippen molar-refractivity contribution >= 4 is 11.4 Å². The maximum absolute atomic E-state index is 3.76. The minimum Gasteiger partial charge on any atom is -0.381 e. The van der Waals surface area contributed by atoms with E-state index in [2.05, 4.69) is 67.3 Å². The molecule has 21 heavy (non-hydrogen) atoms. The molecule has 0 amide bonds. The Labute approximate surface area is 130 Å². The monoisotopic (exact) mass is 289 g/mol. The number of benzene rings is 1. The Balaban J connectivity index is 1.99. The molecule has 1 aliphatic heterocycles. The van der Waals surface area contributed by atoms with Crippen molar-refractivity contribution in [2.75, 3.05) is 43.9 Å². The topological polar surface area (TPSA) is 18.5 Å². The Morgan fingerprint density at radius 1 is 1.33 bits per heavy atom. The molecule has 1 N–H and O–H groups in total. The predicted octanol–water partition coefficient (Wildman–Crippen LogP) is 3.68. The maximum atomic E-state index is 3.76. The fourth-order valence-corrected chi connectivity index (χ4v) is 3.37. The number of piperidine rings is 1. The molecule has 3 heteroatoms. The zero-order valence-corrected chi connectivity index (χ0v) is 14.1. The third-order valence-electron chi connectivity index (χ3n) is 4.56. The van der Waals surface area contributed by atoms with Crippen LogP contribution in [0.5, 0.6) is 0 Å². The molecular weight excluding hydrogens is 258 g/mol. The molecule has 3 nitrogen and oxygen atoms in total. The molecule has 1 aliphatic rings. The summed E-state index contributed by atoms with van der Waals surface area (Å²) < 4.78 is 0. The van der Waals surface area contributed by atoms with Gasteiger partial charge < -0.3 is 15.1 Å². The van der Waals surface area contributed by atoms with Gasteiger partial charge in [-0.2, -0.15) is 0 Å². The highest BCUT2D eigenvalue weighted by Crippen LogP contribution is 2.27. The largest absolute Gasteiger partial charge is 0.381 e. The molecule has 0 aromatic heterocycles. The van der Waals surface area contributed by atoms with Crippen LogP contribution in [0, 0.1) is 5.92 Å². The molecule has 0 aliphatic carbocycles. The summed E-state index contributed by atoms with van der Waals surface area (Å²) in [6.45, 7) is 8.39. The van der Waals surface area contributed by atoms with E-state index < -0.39 is 0 Å². The van der Waals surface area contributed by atoms with Gasteiger partial charge in [-0.05, 0) is 57.3 Å². The van der Waals surface area contributed by atoms with Crippen LogP contribution in [0.2, 0.25) is 0 Å². The van der Waals surface area contributed by atoms with Crippen LogP contribution in [-0.4, -0.2) is 44.7 Å². The number of anilines is 2. The van der Waals surface area contributed by atoms with Crippen LogP contribution in [0.1, 0.15) is 33.1 Å². The lowest BCUT2D eigenvalue weighted by Crippen LogP contribution is -2.42. The molecule has 1 aromatic carbocycles. The number of nitrogens with one attached hydrogen (secondary N) is 1. The van der Waals surface area contributed by atoms with Crippen molar-refractivity contribution < 1.29 is 0 Å².